The van der Waals surface area contributed by atoms with E-state index < -0.39 is 0 Å². The van der Waals surface area contributed by atoms with Gasteiger partial charge in [0.25, 0.3) is 5.22 Å². The molecule has 0 unspecified atom stereocenters. The molecule has 5 nitrogen and oxygen atoms in total. The molecule has 0 saturated heterocycles. The van der Waals surface area contributed by atoms with Gasteiger partial charge in [0.05, 0.1) is 5.75 Å². The fourth-order valence-electron chi connectivity index (χ4n) is 6.43. The van der Waals surface area contributed by atoms with Gasteiger partial charge in [-0.1, -0.05) is 29.5 Å². The highest BCUT2D eigenvalue weighted by Crippen LogP contribution is 2.61. The molecule has 1 N–H and O–H groups in total. The number of nitrogens with one attached hydrogen (secondary N) is 1. The van der Waals surface area contributed by atoms with Crippen LogP contribution in [-0.2, 0) is 4.79 Å². The van der Waals surface area contributed by atoms with Crippen molar-refractivity contribution >= 4 is 17.7 Å². The van der Waals surface area contributed by atoms with Gasteiger partial charge >= 0.3 is 0 Å². The largest absolute Gasteiger partial charge is 0.411 e. The van der Waals surface area contributed by atoms with Crippen LogP contribution in [0.3, 0.4) is 0 Å². The summed E-state index contributed by atoms with van der Waals surface area (Å²) in [7, 11) is 0. The van der Waals surface area contributed by atoms with Crippen LogP contribution in [0.5, 0.6) is 0 Å². The van der Waals surface area contributed by atoms with Gasteiger partial charge < -0.3 is 9.73 Å². The van der Waals surface area contributed by atoms with Crippen molar-refractivity contribution in [2.75, 3.05) is 5.75 Å². The Labute approximate surface area is 176 Å². The van der Waals surface area contributed by atoms with Crippen molar-refractivity contribution in [3.8, 4) is 11.5 Å². The first-order valence-corrected chi connectivity index (χ1v) is 11.8. The molecule has 1 aromatic heterocycles. The van der Waals surface area contributed by atoms with E-state index in [-0.39, 0.29) is 11.9 Å². The van der Waals surface area contributed by atoms with Gasteiger partial charge in [-0.25, -0.2) is 0 Å². The quantitative estimate of drug-likeness (QED) is 0.688. The average molecular weight is 412 g/mol. The van der Waals surface area contributed by atoms with Crippen molar-refractivity contribution < 1.29 is 9.21 Å². The number of carbonyl (C=O) groups excluding carboxylic acids is 1. The molecule has 4 fully saturated rings. The van der Waals surface area contributed by atoms with Gasteiger partial charge in [-0.2, -0.15) is 0 Å². The molecule has 0 spiro atoms. The molecule has 0 aliphatic heterocycles. The van der Waals surface area contributed by atoms with E-state index in [1.807, 2.05) is 31.2 Å². The minimum absolute atomic E-state index is 0.0635. The minimum Gasteiger partial charge on any atom is -0.411 e. The monoisotopic (exact) mass is 411 g/mol. The summed E-state index contributed by atoms with van der Waals surface area (Å²) in [6.07, 6.45) is 8.19. The molecule has 4 saturated carbocycles. The highest BCUT2D eigenvalue weighted by atomic mass is 32.2. The maximum absolute atomic E-state index is 12.6. The van der Waals surface area contributed by atoms with E-state index in [0.717, 1.165) is 28.9 Å². The summed E-state index contributed by atoms with van der Waals surface area (Å²) < 4.78 is 5.74. The number of nitrogens with zero attached hydrogens (tertiary/aromatic N) is 2. The second-order valence-corrected chi connectivity index (χ2v) is 10.5. The summed E-state index contributed by atoms with van der Waals surface area (Å²) in [5, 5.41) is 12.0. The van der Waals surface area contributed by atoms with Crippen molar-refractivity contribution in [2.45, 2.75) is 63.6 Å². The summed E-state index contributed by atoms with van der Waals surface area (Å²) in [5.74, 6) is 3.56. The summed E-state index contributed by atoms with van der Waals surface area (Å²) in [4.78, 5) is 12.6. The maximum Gasteiger partial charge on any atom is 0.277 e. The molecular weight excluding hydrogens is 382 g/mol. The number of aryl methyl sites for hydroxylation is 1. The Bertz CT molecular complexity index is 874. The molecule has 1 aromatic carbocycles. The Hall–Kier alpha value is -1.82. The van der Waals surface area contributed by atoms with Crippen LogP contribution in [0.2, 0.25) is 0 Å². The summed E-state index contributed by atoms with van der Waals surface area (Å²) >= 11 is 1.31. The zero-order valence-electron chi connectivity index (χ0n) is 17.2. The second-order valence-electron chi connectivity index (χ2n) is 9.60. The van der Waals surface area contributed by atoms with Crippen LogP contribution in [0.15, 0.2) is 33.9 Å². The standard InChI is InChI=1S/C23H29N3O2S/c1-14-4-3-5-19(6-14)21-25-26-22(28-21)29-13-20(27)24-15(2)23-10-16-7-17(11-23)9-18(8-16)12-23/h3-6,15-18H,7-13H2,1-2H3,(H,24,27)/t15-,16?,17?,18?,23?/m1/s1. The molecule has 1 atom stereocenters. The third-order valence-electron chi connectivity index (χ3n) is 7.38. The Balaban J connectivity index is 1.17. The Morgan fingerprint density at radius 2 is 1.90 bits per heavy atom. The van der Waals surface area contributed by atoms with Gasteiger partial charge in [0, 0.05) is 11.6 Å². The number of hydrogen-bond acceptors (Lipinski definition) is 5. The number of hydrogen-bond donors (Lipinski definition) is 1. The number of thioether (sulfide) groups is 1. The van der Waals surface area contributed by atoms with E-state index in [0.29, 0.717) is 22.3 Å². The zero-order valence-corrected chi connectivity index (χ0v) is 18.0. The van der Waals surface area contributed by atoms with Crippen molar-refractivity contribution in [2.24, 2.45) is 23.2 Å². The Morgan fingerprint density at radius 3 is 2.55 bits per heavy atom. The van der Waals surface area contributed by atoms with Gasteiger partial charge in [0.1, 0.15) is 0 Å². The van der Waals surface area contributed by atoms with E-state index in [9.17, 15) is 4.79 Å². The second kappa shape index (κ2) is 7.46. The molecule has 4 aliphatic rings. The summed E-state index contributed by atoms with van der Waals surface area (Å²) in [6.45, 7) is 4.25. The first-order valence-electron chi connectivity index (χ1n) is 10.8. The van der Waals surface area contributed by atoms with Crippen molar-refractivity contribution in [1.29, 1.82) is 0 Å². The van der Waals surface area contributed by atoms with Crippen LogP contribution in [0.4, 0.5) is 0 Å². The Kier molecular flexibility index (Phi) is 4.93. The molecule has 0 radical (unpaired) electrons. The number of aromatic nitrogens is 2. The van der Waals surface area contributed by atoms with Gasteiger partial charge in [0.15, 0.2) is 0 Å². The fourth-order valence-corrected chi connectivity index (χ4v) is 7.01. The normalized spacial score (nSPS) is 31.0. The third-order valence-corrected chi connectivity index (χ3v) is 8.20. The molecule has 4 aliphatic carbocycles. The molecular formula is C23H29N3O2S. The summed E-state index contributed by atoms with van der Waals surface area (Å²) in [5.41, 5.74) is 2.38. The molecule has 4 bridgehead atoms. The van der Waals surface area contributed by atoms with Crippen LogP contribution in [0.25, 0.3) is 11.5 Å². The van der Waals surface area contributed by atoms with Crippen LogP contribution in [0, 0.1) is 30.1 Å². The topological polar surface area (TPSA) is 68.0 Å². The lowest BCUT2D eigenvalue weighted by molar-refractivity contribution is -0.123. The van der Waals surface area contributed by atoms with Crippen LogP contribution < -0.4 is 5.32 Å². The van der Waals surface area contributed by atoms with E-state index >= 15 is 0 Å². The smallest absolute Gasteiger partial charge is 0.277 e. The molecule has 6 heteroatoms. The van der Waals surface area contributed by atoms with E-state index in [4.69, 9.17) is 4.42 Å². The predicted molar refractivity (Wildman–Crippen MR) is 113 cm³/mol. The third kappa shape index (κ3) is 3.83. The highest BCUT2D eigenvalue weighted by Gasteiger charge is 2.53. The maximum atomic E-state index is 12.6. The average Bonchev–Trinajstić information content (AvgIpc) is 3.14. The lowest BCUT2D eigenvalue weighted by atomic mass is 9.48. The van der Waals surface area contributed by atoms with Crippen molar-refractivity contribution in [3.05, 3.63) is 29.8 Å². The van der Waals surface area contributed by atoms with Gasteiger partial charge in [-0.3, -0.25) is 4.79 Å². The highest BCUT2D eigenvalue weighted by molar-refractivity contribution is 7.99. The van der Waals surface area contributed by atoms with Crippen LogP contribution in [0.1, 0.15) is 51.0 Å². The number of rotatable bonds is 6. The molecule has 154 valence electrons. The zero-order chi connectivity index (χ0) is 20.0. The number of benzene rings is 1. The molecule has 29 heavy (non-hydrogen) atoms. The molecule has 2 aromatic rings. The first kappa shape index (κ1) is 19.2. The lowest BCUT2D eigenvalue weighted by Gasteiger charge is -2.59. The fraction of sp³-hybridized carbons (Fsp3) is 0.609. The van der Waals surface area contributed by atoms with E-state index in [1.54, 1.807) is 0 Å². The van der Waals surface area contributed by atoms with Crippen LogP contribution >= 0.6 is 11.8 Å². The molecule has 1 amide bonds. The van der Waals surface area contributed by atoms with Gasteiger partial charge in [-0.05, 0) is 87.7 Å². The summed E-state index contributed by atoms with van der Waals surface area (Å²) in [6, 6.07) is 8.22. The predicted octanol–water partition coefficient (Wildman–Crippen LogP) is 4.86. The first-order chi connectivity index (χ1) is 14.0. The van der Waals surface area contributed by atoms with Crippen LogP contribution in [-0.4, -0.2) is 27.9 Å². The molecule has 1 heterocycles. The minimum atomic E-state index is 0.0635. The van der Waals surface area contributed by atoms with Crippen molar-refractivity contribution in [1.82, 2.24) is 15.5 Å². The van der Waals surface area contributed by atoms with Gasteiger partial charge in [-0.15, -0.1) is 10.2 Å². The van der Waals surface area contributed by atoms with E-state index in [1.165, 1.54) is 50.3 Å². The molecule has 6 rings (SSSR count). The number of carbonyl (C=O) groups is 1. The SMILES string of the molecule is Cc1cccc(-c2nnc(SCC(=O)N[C@H](C)C34CC5CC(CC(C5)C3)C4)o2)c1. The Morgan fingerprint density at radius 1 is 1.21 bits per heavy atom. The van der Waals surface area contributed by atoms with Gasteiger partial charge in [0.2, 0.25) is 11.8 Å². The lowest BCUT2D eigenvalue weighted by Crippen LogP contribution is -2.56. The number of amides is 1. The van der Waals surface area contributed by atoms with Crippen molar-refractivity contribution in [3.63, 3.8) is 0 Å². The van der Waals surface area contributed by atoms with E-state index in [2.05, 4.69) is 22.4 Å².